The Morgan fingerprint density at radius 1 is 1.09 bits per heavy atom. The minimum atomic E-state index is -0.254. The molecule has 1 amide bonds. The number of rotatable bonds is 9. The molecule has 4 aromatic rings. The zero-order valence-electron chi connectivity index (χ0n) is 19.1. The molecule has 2 aromatic carbocycles. The van der Waals surface area contributed by atoms with Crippen molar-refractivity contribution in [3.63, 3.8) is 0 Å². The van der Waals surface area contributed by atoms with E-state index in [1.54, 1.807) is 12.1 Å². The Kier molecular flexibility index (Phi) is 7.23. The standard InChI is InChI=1S/C25H28FN5OS/c1-16(2)17(3)27-22(32)9-6-14-33-25-28-24-23(29-30-25)20-7-4-5-8-21(20)31(24)15-18-10-12-19(26)13-11-18/h4-5,7-8,10-13,16-17H,6,9,14-15H2,1-3H3,(H,27,32). The van der Waals surface area contributed by atoms with Crippen LogP contribution in [0.3, 0.4) is 0 Å². The van der Waals surface area contributed by atoms with Gasteiger partial charge in [-0.3, -0.25) is 4.79 Å². The van der Waals surface area contributed by atoms with Crippen LogP contribution in [-0.4, -0.2) is 37.5 Å². The fraction of sp³-hybridized carbons (Fsp3) is 0.360. The summed E-state index contributed by atoms with van der Waals surface area (Å²) in [7, 11) is 0. The summed E-state index contributed by atoms with van der Waals surface area (Å²) < 4.78 is 15.4. The molecular formula is C25H28FN5OS. The van der Waals surface area contributed by atoms with Gasteiger partial charge in [0, 0.05) is 30.1 Å². The van der Waals surface area contributed by atoms with Gasteiger partial charge in [-0.05, 0) is 43.0 Å². The highest BCUT2D eigenvalue weighted by atomic mass is 32.2. The van der Waals surface area contributed by atoms with Crippen molar-refractivity contribution in [3.8, 4) is 0 Å². The number of nitrogens with zero attached hydrogens (tertiary/aromatic N) is 4. The summed E-state index contributed by atoms with van der Waals surface area (Å²) >= 11 is 1.50. The van der Waals surface area contributed by atoms with Crippen molar-refractivity contribution < 1.29 is 9.18 Å². The predicted molar refractivity (Wildman–Crippen MR) is 131 cm³/mol. The second-order valence-electron chi connectivity index (χ2n) is 8.55. The minimum absolute atomic E-state index is 0.0747. The number of benzene rings is 2. The van der Waals surface area contributed by atoms with E-state index in [-0.39, 0.29) is 17.8 Å². The van der Waals surface area contributed by atoms with Gasteiger partial charge >= 0.3 is 0 Å². The number of fused-ring (bicyclic) bond motifs is 3. The van der Waals surface area contributed by atoms with Crippen LogP contribution in [0.5, 0.6) is 0 Å². The predicted octanol–water partition coefficient (Wildman–Crippen LogP) is 5.20. The molecule has 4 rings (SSSR count). The zero-order chi connectivity index (χ0) is 23.4. The Bertz CT molecular complexity index is 1260. The number of halogens is 1. The molecule has 1 unspecified atom stereocenters. The number of hydrogen-bond acceptors (Lipinski definition) is 5. The lowest BCUT2D eigenvalue weighted by atomic mass is 10.1. The highest BCUT2D eigenvalue weighted by Gasteiger charge is 2.16. The maximum absolute atomic E-state index is 13.4. The molecule has 1 atom stereocenters. The monoisotopic (exact) mass is 465 g/mol. The van der Waals surface area contributed by atoms with Crippen LogP contribution in [0.1, 0.15) is 39.2 Å². The van der Waals surface area contributed by atoms with E-state index in [0.717, 1.165) is 39.8 Å². The Hall–Kier alpha value is -3.00. The lowest BCUT2D eigenvalue weighted by Gasteiger charge is -2.17. The third-order valence-corrected chi connectivity index (χ3v) is 6.70. The van der Waals surface area contributed by atoms with Crippen LogP contribution in [0.15, 0.2) is 53.7 Å². The molecule has 0 radical (unpaired) electrons. The van der Waals surface area contributed by atoms with Crippen molar-refractivity contribution in [2.45, 2.75) is 51.4 Å². The Balaban J connectivity index is 1.50. The first-order valence-corrected chi connectivity index (χ1v) is 12.2. The van der Waals surface area contributed by atoms with Crippen molar-refractivity contribution in [1.29, 1.82) is 0 Å². The van der Waals surface area contributed by atoms with Crippen molar-refractivity contribution in [3.05, 3.63) is 59.9 Å². The van der Waals surface area contributed by atoms with Crippen LogP contribution >= 0.6 is 11.8 Å². The summed E-state index contributed by atoms with van der Waals surface area (Å²) in [5, 5.41) is 13.4. The average Bonchev–Trinajstić information content (AvgIpc) is 3.11. The van der Waals surface area contributed by atoms with Crippen molar-refractivity contribution >= 4 is 39.7 Å². The smallest absolute Gasteiger partial charge is 0.220 e. The summed E-state index contributed by atoms with van der Waals surface area (Å²) in [4.78, 5) is 16.9. The van der Waals surface area contributed by atoms with Gasteiger partial charge in [0.15, 0.2) is 5.65 Å². The second-order valence-corrected chi connectivity index (χ2v) is 9.61. The number of thioether (sulfide) groups is 1. The average molecular weight is 466 g/mol. The number of carbonyl (C=O) groups is 1. The first-order chi connectivity index (χ1) is 15.9. The molecular weight excluding hydrogens is 437 g/mol. The quantitative estimate of drug-likeness (QED) is 0.272. The number of aromatic nitrogens is 4. The van der Waals surface area contributed by atoms with Crippen LogP contribution in [0.2, 0.25) is 0 Å². The van der Waals surface area contributed by atoms with Crippen molar-refractivity contribution in [2.75, 3.05) is 5.75 Å². The van der Waals surface area contributed by atoms with Gasteiger partial charge < -0.3 is 9.88 Å². The molecule has 0 saturated carbocycles. The number of para-hydroxylation sites is 1. The summed E-state index contributed by atoms with van der Waals surface area (Å²) in [5.74, 6) is 0.965. The Labute approximate surface area is 197 Å². The van der Waals surface area contributed by atoms with E-state index in [2.05, 4.69) is 33.9 Å². The van der Waals surface area contributed by atoms with E-state index in [4.69, 9.17) is 4.98 Å². The molecule has 33 heavy (non-hydrogen) atoms. The third kappa shape index (κ3) is 5.50. The number of carbonyl (C=O) groups excluding carboxylic acids is 1. The number of nitrogens with one attached hydrogen (secondary N) is 1. The molecule has 1 N–H and O–H groups in total. The summed E-state index contributed by atoms with van der Waals surface area (Å²) in [6.07, 6.45) is 1.21. The molecule has 0 aliphatic heterocycles. The lowest BCUT2D eigenvalue weighted by Crippen LogP contribution is -2.35. The minimum Gasteiger partial charge on any atom is -0.353 e. The maximum atomic E-state index is 13.4. The second kappa shape index (κ2) is 10.3. The van der Waals surface area contributed by atoms with Crippen LogP contribution in [0, 0.1) is 11.7 Å². The lowest BCUT2D eigenvalue weighted by molar-refractivity contribution is -0.121. The van der Waals surface area contributed by atoms with E-state index in [1.165, 1.54) is 23.9 Å². The molecule has 2 aromatic heterocycles. The number of hydrogen-bond donors (Lipinski definition) is 1. The van der Waals surface area contributed by atoms with Crippen LogP contribution in [-0.2, 0) is 11.3 Å². The normalized spacial score (nSPS) is 12.5. The van der Waals surface area contributed by atoms with Gasteiger partial charge in [0.1, 0.15) is 11.3 Å². The highest BCUT2D eigenvalue weighted by Crippen LogP contribution is 2.28. The molecule has 6 nitrogen and oxygen atoms in total. The molecule has 2 heterocycles. The van der Waals surface area contributed by atoms with E-state index in [1.807, 2.05) is 31.2 Å². The van der Waals surface area contributed by atoms with Crippen molar-refractivity contribution in [2.24, 2.45) is 5.92 Å². The van der Waals surface area contributed by atoms with Gasteiger partial charge in [-0.15, -0.1) is 10.2 Å². The maximum Gasteiger partial charge on any atom is 0.220 e. The van der Waals surface area contributed by atoms with Crippen LogP contribution in [0.4, 0.5) is 4.39 Å². The molecule has 8 heteroatoms. The summed E-state index contributed by atoms with van der Waals surface area (Å²) in [6.45, 7) is 6.77. The Morgan fingerprint density at radius 2 is 1.85 bits per heavy atom. The van der Waals surface area contributed by atoms with Gasteiger partial charge in [-0.25, -0.2) is 9.37 Å². The fourth-order valence-corrected chi connectivity index (χ4v) is 4.29. The zero-order valence-corrected chi connectivity index (χ0v) is 19.9. The largest absolute Gasteiger partial charge is 0.353 e. The molecule has 0 fully saturated rings. The van der Waals surface area contributed by atoms with Crippen LogP contribution < -0.4 is 5.32 Å². The van der Waals surface area contributed by atoms with Crippen LogP contribution in [0.25, 0.3) is 22.1 Å². The molecule has 0 spiro atoms. The highest BCUT2D eigenvalue weighted by molar-refractivity contribution is 7.99. The molecule has 0 saturated heterocycles. The topological polar surface area (TPSA) is 72.7 Å². The SMILES string of the molecule is CC(C)C(C)NC(=O)CCCSc1nnc2c3ccccc3n(Cc3ccc(F)cc3)c2n1. The Morgan fingerprint density at radius 3 is 2.61 bits per heavy atom. The first-order valence-electron chi connectivity index (χ1n) is 11.2. The van der Waals surface area contributed by atoms with E-state index < -0.39 is 0 Å². The molecule has 0 aliphatic carbocycles. The van der Waals surface area contributed by atoms with Gasteiger partial charge in [-0.1, -0.05) is 55.9 Å². The van der Waals surface area contributed by atoms with Crippen molar-refractivity contribution in [1.82, 2.24) is 25.1 Å². The van der Waals surface area contributed by atoms with Gasteiger partial charge in [0.2, 0.25) is 11.1 Å². The van der Waals surface area contributed by atoms with Gasteiger partial charge in [-0.2, -0.15) is 0 Å². The van der Waals surface area contributed by atoms with E-state index in [0.29, 0.717) is 24.0 Å². The van der Waals surface area contributed by atoms with E-state index >= 15 is 0 Å². The summed E-state index contributed by atoms with van der Waals surface area (Å²) in [6, 6.07) is 14.7. The molecule has 0 aliphatic rings. The molecule has 0 bridgehead atoms. The van der Waals surface area contributed by atoms with E-state index in [9.17, 15) is 9.18 Å². The summed E-state index contributed by atoms with van der Waals surface area (Å²) in [5.41, 5.74) is 3.49. The fourth-order valence-electron chi connectivity index (χ4n) is 3.57. The first kappa shape index (κ1) is 23.2. The van der Waals surface area contributed by atoms with Gasteiger partial charge in [0.25, 0.3) is 0 Å². The van der Waals surface area contributed by atoms with Gasteiger partial charge in [0.05, 0.1) is 5.52 Å². The molecule has 172 valence electrons. The third-order valence-electron chi connectivity index (χ3n) is 5.78. The number of amides is 1.